The smallest absolute Gasteiger partial charge is 0.254 e. The number of rotatable bonds is 4. The Labute approximate surface area is 114 Å². The molecule has 1 unspecified atom stereocenters. The number of carbonyl (C=O) groups is 1. The van der Waals surface area contributed by atoms with E-state index in [0.717, 1.165) is 19.4 Å². The van der Waals surface area contributed by atoms with E-state index >= 15 is 0 Å². The zero-order valence-electron chi connectivity index (χ0n) is 11.9. The van der Waals surface area contributed by atoms with E-state index in [2.05, 4.69) is 29.3 Å². The lowest BCUT2D eigenvalue weighted by Gasteiger charge is -2.23. The maximum Gasteiger partial charge on any atom is 0.254 e. The van der Waals surface area contributed by atoms with Crippen molar-refractivity contribution in [2.75, 3.05) is 6.54 Å². The van der Waals surface area contributed by atoms with E-state index in [9.17, 15) is 4.79 Å². The number of aromatic nitrogens is 2. The van der Waals surface area contributed by atoms with E-state index in [-0.39, 0.29) is 11.9 Å². The Morgan fingerprint density at radius 2 is 2.37 bits per heavy atom. The van der Waals surface area contributed by atoms with Gasteiger partial charge in [-0.3, -0.25) is 14.5 Å². The summed E-state index contributed by atoms with van der Waals surface area (Å²) < 4.78 is 1.75. The molecule has 5 nitrogen and oxygen atoms in total. The number of nitrogens with zero attached hydrogens (tertiary/aromatic N) is 3. The molecule has 1 aromatic rings. The van der Waals surface area contributed by atoms with Gasteiger partial charge in [-0.2, -0.15) is 5.10 Å². The van der Waals surface area contributed by atoms with E-state index < -0.39 is 0 Å². The van der Waals surface area contributed by atoms with Gasteiger partial charge in [0, 0.05) is 24.5 Å². The largest absolute Gasteiger partial charge is 0.347 e. The van der Waals surface area contributed by atoms with E-state index in [1.165, 1.54) is 5.71 Å². The van der Waals surface area contributed by atoms with Gasteiger partial charge >= 0.3 is 0 Å². The monoisotopic (exact) mass is 262 g/mol. The van der Waals surface area contributed by atoms with Crippen LogP contribution >= 0.6 is 0 Å². The predicted molar refractivity (Wildman–Crippen MR) is 75.5 cm³/mol. The fraction of sp³-hybridized carbons (Fsp3) is 0.643. The summed E-state index contributed by atoms with van der Waals surface area (Å²) in [6, 6.07) is 0.153. The molecule has 0 aromatic carbocycles. The number of amides is 1. The van der Waals surface area contributed by atoms with Crippen molar-refractivity contribution in [3.05, 3.63) is 18.0 Å². The molecular formula is C14H22N4O. The van der Waals surface area contributed by atoms with Crippen LogP contribution in [0.5, 0.6) is 0 Å². The van der Waals surface area contributed by atoms with Crippen LogP contribution in [0.4, 0.5) is 0 Å². The van der Waals surface area contributed by atoms with Gasteiger partial charge in [-0.15, -0.1) is 0 Å². The van der Waals surface area contributed by atoms with Crippen LogP contribution in [-0.2, 0) is 6.54 Å². The van der Waals surface area contributed by atoms with Crippen LogP contribution in [0, 0.1) is 5.92 Å². The molecule has 0 aliphatic carbocycles. The van der Waals surface area contributed by atoms with Crippen molar-refractivity contribution in [2.24, 2.45) is 10.9 Å². The lowest BCUT2D eigenvalue weighted by molar-refractivity contribution is 0.0936. The molecule has 0 fully saturated rings. The topological polar surface area (TPSA) is 59.3 Å². The minimum absolute atomic E-state index is 0.0482. The predicted octanol–water partition coefficient (Wildman–Crippen LogP) is 1.89. The van der Waals surface area contributed by atoms with Gasteiger partial charge in [0.15, 0.2) is 0 Å². The molecule has 5 heteroatoms. The molecule has 0 bridgehead atoms. The highest BCUT2D eigenvalue weighted by Crippen LogP contribution is 2.13. The average molecular weight is 262 g/mol. The summed E-state index contributed by atoms with van der Waals surface area (Å²) in [4.78, 5) is 16.6. The standard InChI is InChI=1S/C14H22N4O/c1-4-18-9-11(7-16-18)14(19)17-12-5-6-13(10(2)3)15-8-12/h7,9-10,12H,4-6,8H2,1-3H3,(H,17,19). The first-order valence-corrected chi connectivity index (χ1v) is 6.96. The Morgan fingerprint density at radius 1 is 1.58 bits per heavy atom. The number of nitrogens with one attached hydrogen (secondary N) is 1. The summed E-state index contributed by atoms with van der Waals surface area (Å²) in [6.07, 6.45) is 5.35. The fourth-order valence-electron chi connectivity index (χ4n) is 2.23. The Bertz CT molecular complexity index is 476. The molecule has 19 heavy (non-hydrogen) atoms. The van der Waals surface area contributed by atoms with Gasteiger partial charge in [0.1, 0.15) is 0 Å². The highest BCUT2D eigenvalue weighted by atomic mass is 16.1. The molecule has 1 aliphatic heterocycles. The molecule has 104 valence electrons. The Kier molecular flexibility index (Phi) is 4.35. The highest BCUT2D eigenvalue weighted by molar-refractivity contribution is 5.94. The number of aryl methyl sites for hydroxylation is 1. The molecule has 0 spiro atoms. The van der Waals surface area contributed by atoms with Gasteiger partial charge in [-0.1, -0.05) is 13.8 Å². The zero-order valence-corrected chi connectivity index (χ0v) is 11.9. The van der Waals surface area contributed by atoms with Crippen LogP contribution in [0.25, 0.3) is 0 Å². The Balaban J connectivity index is 1.90. The quantitative estimate of drug-likeness (QED) is 0.900. The van der Waals surface area contributed by atoms with Crippen molar-refractivity contribution in [3.8, 4) is 0 Å². The summed E-state index contributed by atoms with van der Waals surface area (Å²) in [7, 11) is 0. The molecule has 0 radical (unpaired) electrons. The maximum atomic E-state index is 12.0. The molecule has 1 amide bonds. The van der Waals surface area contributed by atoms with Gasteiger partial charge in [-0.05, 0) is 25.7 Å². The molecule has 0 saturated carbocycles. The van der Waals surface area contributed by atoms with Crippen molar-refractivity contribution in [3.63, 3.8) is 0 Å². The van der Waals surface area contributed by atoms with Gasteiger partial charge in [-0.25, -0.2) is 0 Å². The highest BCUT2D eigenvalue weighted by Gasteiger charge is 2.20. The lowest BCUT2D eigenvalue weighted by Crippen LogP contribution is -2.39. The average Bonchev–Trinajstić information content (AvgIpc) is 2.88. The van der Waals surface area contributed by atoms with Gasteiger partial charge in [0.25, 0.3) is 5.91 Å². The number of hydrogen-bond acceptors (Lipinski definition) is 3. The van der Waals surface area contributed by atoms with Crippen LogP contribution in [-0.4, -0.2) is 34.0 Å². The van der Waals surface area contributed by atoms with Crippen LogP contribution in [0.3, 0.4) is 0 Å². The number of hydrogen-bond donors (Lipinski definition) is 1. The van der Waals surface area contributed by atoms with Crippen molar-refractivity contribution < 1.29 is 4.79 Å². The van der Waals surface area contributed by atoms with Crippen molar-refractivity contribution in [2.45, 2.75) is 46.2 Å². The van der Waals surface area contributed by atoms with Gasteiger partial charge in [0.05, 0.1) is 18.3 Å². The molecule has 0 saturated heterocycles. The minimum atomic E-state index is -0.0482. The molecule has 1 atom stereocenters. The van der Waals surface area contributed by atoms with E-state index in [0.29, 0.717) is 18.0 Å². The first kappa shape index (κ1) is 13.8. The minimum Gasteiger partial charge on any atom is -0.347 e. The summed E-state index contributed by atoms with van der Waals surface area (Å²) in [5.74, 6) is 0.465. The summed E-state index contributed by atoms with van der Waals surface area (Å²) >= 11 is 0. The normalized spacial score (nSPS) is 19.4. The van der Waals surface area contributed by atoms with Crippen molar-refractivity contribution >= 4 is 11.6 Å². The fourth-order valence-corrected chi connectivity index (χ4v) is 2.23. The molecule has 1 N–H and O–H groups in total. The van der Waals surface area contributed by atoms with Gasteiger partial charge < -0.3 is 5.32 Å². The summed E-state index contributed by atoms with van der Waals surface area (Å²) in [6.45, 7) is 7.80. The SMILES string of the molecule is CCn1cc(C(=O)NC2CCC(C(C)C)=NC2)cn1. The van der Waals surface area contributed by atoms with Gasteiger partial charge in [0.2, 0.25) is 0 Å². The third kappa shape index (κ3) is 3.43. The molecule has 1 aliphatic rings. The van der Waals surface area contributed by atoms with Crippen molar-refractivity contribution in [1.82, 2.24) is 15.1 Å². The van der Waals surface area contributed by atoms with Crippen LogP contribution < -0.4 is 5.32 Å². The second kappa shape index (κ2) is 5.99. The second-order valence-corrected chi connectivity index (χ2v) is 5.28. The zero-order chi connectivity index (χ0) is 13.8. The summed E-state index contributed by atoms with van der Waals surface area (Å²) in [5.41, 5.74) is 1.89. The Hall–Kier alpha value is -1.65. The van der Waals surface area contributed by atoms with Crippen molar-refractivity contribution in [1.29, 1.82) is 0 Å². The first-order chi connectivity index (χ1) is 9.10. The molecule has 2 rings (SSSR count). The Morgan fingerprint density at radius 3 is 2.89 bits per heavy atom. The van der Waals surface area contributed by atoms with Crippen LogP contribution in [0.15, 0.2) is 17.4 Å². The van der Waals surface area contributed by atoms with E-state index in [4.69, 9.17) is 0 Å². The molecule has 1 aromatic heterocycles. The maximum absolute atomic E-state index is 12.0. The number of carbonyl (C=O) groups excluding carboxylic acids is 1. The van der Waals surface area contributed by atoms with E-state index in [1.807, 2.05) is 6.92 Å². The first-order valence-electron chi connectivity index (χ1n) is 6.96. The van der Waals surface area contributed by atoms with Crippen LogP contribution in [0.1, 0.15) is 44.0 Å². The third-order valence-corrected chi connectivity index (χ3v) is 3.48. The number of aliphatic imine (C=N–C) groups is 1. The second-order valence-electron chi connectivity index (χ2n) is 5.28. The molecular weight excluding hydrogens is 240 g/mol. The van der Waals surface area contributed by atoms with Crippen LogP contribution in [0.2, 0.25) is 0 Å². The lowest BCUT2D eigenvalue weighted by atomic mass is 9.97. The summed E-state index contributed by atoms with van der Waals surface area (Å²) in [5, 5.41) is 7.15. The molecule has 2 heterocycles. The third-order valence-electron chi connectivity index (χ3n) is 3.48. The van der Waals surface area contributed by atoms with E-state index in [1.54, 1.807) is 17.1 Å².